The van der Waals surface area contributed by atoms with Gasteiger partial charge in [-0.05, 0) is 49.7 Å². The molecule has 2 aromatic carbocycles. The molecule has 33 heavy (non-hydrogen) atoms. The van der Waals surface area contributed by atoms with Gasteiger partial charge in [-0.1, -0.05) is 30.3 Å². The maximum Gasteiger partial charge on any atom is 0.275 e. The van der Waals surface area contributed by atoms with E-state index < -0.39 is 0 Å². The van der Waals surface area contributed by atoms with Gasteiger partial charge >= 0.3 is 0 Å². The van der Waals surface area contributed by atoms with Gasteiger partial charge in [-0.2, -0.15) is 0 Å². The smallest absolute Gasteiger partial charge is 0.275 e. The molecule has 2 N–H and O–H groups in total. The number of nitrogens with zero attached hydrogens (tertiary/aromatic N) is 2. The Labute approximate surface area is 204 Å². The highest BCUT2D eigenvalue weighted by Gasteiger charge is 2.25. The minimum atomic E-state index is -0.214. The van der Waals surface area contributed by atoms with Crippen molar-refractivity contribution in [2.45, 2.75) is 25.7 Å². The molecule has 8 heteroatoms. The summed E-state index contributed by atoms with van der Waals surface area (Å²) < 4.78 is 5.37. The molecule has 0 radical (unpaired) electrons. The molecule has 0 bridgehead atoms. The lowest BCUT2D eigenvalue weighted by atomic mass is 9.98. The zero-order valence-corrected chi connectivity index (χ0v) is 20.5. The Bertz CT molecular complexity index is 1110. The number of aromatic nitrogens is 1. The van der Waals surface area contributed by atoms with E-state index in [1.165, 1.54) is 0 Å². The van der Waals surface area contributed by atoms with E-state index in [9.17, 15) is 4.79 Å². The number of anilines is 1. The zero-order chi connectivity index (χ0) is 23.2. The summed E-state index contributed by atoms with van der Waals surface area (Å²) in [7, 11) is 1.62. The summed E-state index contributed by atoms with van der Waals surface area (Å²) in [5.74, 6) is 0.828. The Morgan fingerprint density at radius 3 is 2.67 bits per heavy atom. The zero-order valence-electron chi connectivity index (χ0n) is 18.8. The number of likely N-dealkylation sites (tertiary alicyclic amines) is 1. The number of benzene rings is 2. The Morgan fingerprint density at radius 2 is 1.97 bits per heavy atom. The minimum Gasteiger partial charge on any atom is -0.497 e. The number of hydrogen-bond donors (Lipinski definition) is 2. The number of thiazole rings is 1. The second-order valence-electron chi connectivity index (χ2n) is 7.90. The topological polar surface area (TPSA) is 66.5 Å². The molecule has 1 aliphatic heterocycles. The monoisotopic (exact) mass is 480 g/mol. The van der Waals surface area contributed by atoms with Crippen molar-refractivity contribution in [1.82, 2.24) is 15.2 Å². The molecular weight excluding hydrogens is 452 g/mol. The quantitative estimate of drug-likeness (QED) is 0.476. The van der Waals surface area contributed by atoms with Gasteiger partial charge in [0.15, 0.2) is 5.11 Å². The van der Waals surface area contributed by atoms with Crippen LogP contribution in [-0.4, -0.2) is 47.6 Å². The summed E-state index contributed by atoms with van der Waals surface area (Å²) in [6.07, 6.45) is 1.96. The van der Waals surface area contributed by atoms with E-state index in [0.717, 1.165) is 53.7 Å². The van der Waals surface area contributed by atoms with Gasteiger partial charge in [0, 0.05) is 42.6 Å². The Kier molecular flexibility index (Phi) is 7.57. The summed E-state index contributed by atoms with van der Waals surface area (Å²) in [6, 6.07) is 15.7. The fraction of sp³-hybridized carbons (Fsp3) is 0.320. The first-order valence-corrected chi connectivity index (χ1v) is 12.4. The van der Waals surface area contributed by atoms with E-state index in [1.54, 1.807) is 18.4 Å². The molecular formula is C25H28N4O2S2. The number of ether oxygens (including phenoxy) is 1. The molecule has 0 spiro atoms. The third-order valence-electron chi connectivity index (χ3n) is 5.77. The van der Waals surface area contributed by atoms with Crippen molar-refractivity contribution in [2.75, 3.05) is 32.1 Å². The van der Waals surface area contributed by atoms with Gasteiger partial charge in [0.2, 0.25) is 0 Å². The van der Waals surface area contributed by atoms with Crippen LogP contribution in [-0.2, 0) is 0 Å². The second-order valence-corrected chi connectivity index (χ2v) is 9.18. The number of piperidine rings is 1. The third kappa shape index (κ3) is 5.51. The first kappa shape index (κ1) is 23.2. The van der Waals surface area contributed by atoms with E-state index in [0.29, 0.717) is 23.0 Å². The summed E-state index contributed by atoms with van der Waals surface area (Å²) >= 11 is 6.99. The van der Waals surface area contributed by atoms with Gasteiger partial charge in [-0.15, -0.1) is 11.3 Å². The van der Waals surface area contributed by atoms with Crippen molar-refractivity contribution < 1.29 is 9.53 Å². The second kappa shape index (κ2) is 10.8. The van der Waals surface area contributed by atoms with Gasteiger partial charge in [0.25, 0.3) is 5.91 Å². The molecule has 172 valence electrons. The first-order chi connectivity index (χ1) is 16.1. The Balaban J connectivity index is 1.46. The highest BCUT2D eigenvalue weighted by molar-refractivity contribution is 7.80. The van der Waals surface area contributed by atoms with Crippen LogP contribution in [0.2, 0.25) is 0 Å². The van der Waals surface area contributed by atoms with Gasteiger partial charge in [-0.25, -0.2) is 4.98 Å². The highest BCUT2D eigenvalue weighted by Crippen LogP contribution is 2.33. The lowest BCUT2D eigenvalue weighted by Gasteiger charge is -2.33. The Hall–Kier alpha value is -2.97. The van der Waals surface area contributed by atoms with Crippen LogP contribution in [0.4, 0.5) is 5.69 Å². The molecule has 1 amide bonds. The normalized spacial score (nSPS) is 14.1. The molecule has 0 atom stereocenters. The highest BCUT2D eigenvalue weighted by atomic mass is 32.1. The van der Waals surface area contributed by atoms with E-state index >= 15 is 0 Å². The average molecular weight is 481 g/mol. The maximum absolute atomic E-state index is 13.1. The van der Waals surface area contributed by atoms with Gasteiger partial charge in [-0.3, -0.25) is 4.79 Å². The number of rotatable bonds is 6. The van der Waals surface area contributed by atoms with Crippen molar-refractivity contribution in [3.63, 3.8) is 0 Å². The van der Waals surface area contributed by atoms with Gasteiger partial charge < -0.3 is 20.3 Å². The minimum absolute atomic E-state index is 0.214. The summed E-state index contributed by atoms with van der Waals surface area (Å²) in [4.78, 5) is 20.0. The standard InChI is InChI=1S/C25H28N4O2S2/c1-3-26-25(32)29-13-11-18(12-14-29)24-28-22(16-33-24)23(30)27-21-15-19(31-2)9-10-20(21)17-7-5-4-6-8-17/h4-10,15-16,18H,3,11-14H2,1-2H3,(H,26,32)(H,27,30). The third-order valence-corrected chi connectivity index (χ3v) is 7.18. The van der Waals surface area contributed by atoms with Crippen molar-refractivity contribution in [2.24, 2.45) is 0 Å². The lowest BCUT2D eigenvalue weighted by Crippen LogP contribution is -2.43. The molecule has 1 aromatic heterocycles. The molecule has 0 aliphatic carbocycles. The SMILES string of the molecule is CCNC(=S)N1CCC(c2nc(C(=O)Nc3cc(OC)ccc3-c3ccccc3)cs2)CC1. The summed E-state index contributed by atoms with van der Waals surface area (Å²) in [6.45, 7) is 4.70. The van der Waals surface area contributed by atoms with Crippen LogP contribution in [0.15, 0.2) is 53.9 Å². The van der Waals surface area contributed by atoms with Crippen LogP contribution in [0, 0.1) is 0 Å². The summed E-state index contributed by atoms with van der Waals surface area (Å²) in [5, 5.41) is 9.95. The van der Waals surface area contributed by atoms with Crippen LogP contribution >= 0.6 is 23.6 Å². The Morgan fingerprint density at radius 1 is 1.21 bits per heavy atom. The molecule has 1 saturated heterocycles. The van der Waals surface area contributed by atoms with E-state index in [-0.39, 0.29) is 5.91 Å². The number of amides is 1. The molecule has 2 heterocycles. The number of methoxy groups -OCH3 is 1. The number of nitrogens with one attached hydrogen (secondary N) is 2. The van der Waals surface area contributed by atoms with Crippen LogP contribution in [0.25, 0.3) is 11.1 Å². The first-order valence-electron chi connectivity index (χ1n) is 11.1. The van der Waals surface area contributed by atoms with Crippen LogP contribution in [0.5, 0.6) is 5.75 Å². The molecule has 1 fully saturated rings. The lowest BCUT2D eigenvalue weighted by molar-refractivity contribution is 0.102. The van der Waals surface area contributed by atoms with E-state index in [1.807, 2.05) is 53.9 Å². The number of carbonyl (C=O) groups excluding carboxylic acids is 1. The van der Waals surface area contributed by atoms with Gasteiger partial charge in [0.05, 0.1) is 17.8 Å². The maximum atomic E-state index is 13.1. The van der Waals surface area contributed by atoms with E-state index in [2.05, 4.69) is 27.4 Å². The van der Waals surface area contributed by atoms with Crippen molar-refractivity contribution >= 4 is 40.3 Å². The van der Waals surface area contributed by atoms with Crippen LogP contribution < -0.4 is 15.4 Å². The molecule has 6 nitrogen and oxygen atoms in total. The number of carbonyl (C=O) groups is 1. The molecule has 3 aromatic rings. The van der Waals surface area contributed by atoms with Crippen molar-refractivity contribution in [3.05, 3.63) is 64.6 Å². The molecule has 1 aliphatic rings. The summed E-state index contributed by atoms with van der Waals surface area (Å²) in [5.41, 5.74) is 3.11. The molecule has 0 unspecified atom stereocenters. The molecule has 0 saturated carbocycles. The number of hydrogen-bond acceptors (Lipinski definition) is 5. The van der Waals surface area contributed by atoms with Crippen molar-refractivity contribution in [1.29, 1.82) is 0 Å². The van der Waals surface area contributed by atoms with Gasteiger partial charge in [0.1, 0.15) is 11.4 Å². The fourth-order valence-corrected chi connectivity index (χ4v) is 5.28. The largest absolute Gasteiger partial charge is 0.497 e. The predicted octanol–water partition coefficient (Wildman–Crippen LogP) is 5.14. The average Bonchev–Trinajstić information content (AvgIpc) is 3.35. The number of thiocarbonyl (C=S) groups is 1. The van der Waals surface area contributed by atoms with Crippen LogP contribution in [0.1, 0.15) is 41.2 Å². The fourth-order valence-electron chi connectivity index (χ4n) is 3.98. The molecule has 4 rings (SSSR count). The van der Waals surface area contributed by atoms with Crippen molar-refractivity contribution in [3.8, 4) is 16.9 Å². The van der Waals surface area contributed by atoms with Crippen LogP contribution in [0.3, 0.4) is 0 Å². The van der Waals surface area contributed by atoms with E-state index in [4.69, 9.17) is 17.0 Å². The predicted molar refractivity (Wildman–Crippen MR) is 138 cm³/mol.